The van der Waals surface area contributed by atoms with Gasteiger partial charge in [-0.25, -0.2) is 4.79 Å². The number of carboxylic acid groups (broad SMARTS) is 1. The maximum absolute atomic E-state index is 13.7. The number of fused-ring (bicyclic) bond motifs is 2. The second kappa shape index (κ2) is 9.72. The van der Waals surface area contributed by atoms with Gasteiger partial charge in [-0.1, -0.05) is 0 Å². The zero-order valence-corrected chi connectivity index (χ0v) is 23.6. The first-order chi connectivity index (χ1) is 20.2. The topological polar surface area (TPSA) is 111 Å². The Labute approximate surface area is 242 Å². The van der Waals surface area contributed by atoms with Gasteiger partial charge < -0.3 is 24.0 Å². The molecule has 1 saturated heterocycles. The molecule has 9 heteroatoms. The standard InChI is InChI=1S/C33H31N3O6/c1-19-18-36(23-5-6-23)26-14-22(15-29(41-2)30(19)26)31(38)35-11-9-33(10-12-35)16-27(37)24-13-20(4-8-28(24)42-33)25-7-3-21(17-34-25)32(39)40/h3-4,7-8,13-15,17-18,23H,5-6,9-12,16H2,1-2H3,(H,39,40). The summed E-state index contributed by atoms with van der Waals surface area (Å²) in [6, 6.07) is 12.8. The second-order valence-corrected chi connectivity index (χ2v) is 11.6. The molecule has 2 aromatic carbocycles. The zero-order chi connectivity index (χ0) is 29.2. The Morgan fingerprint density at radius 3 is 2.52 bits per heavy atom. The van der Waals surface area contributed by atoms with Crippen molar-refractivity contribution in [1.29, 1.82) is 0 Å². The highest BCUT2D eigenvalue weighted by Gasteiger charge is 2.44. The summed E-state index contributed by atoms with van der Waals surface area (Å²) in [5.74, 6) is 0.154. The number of likely N-dealkylation sites (tertiary alicyclic amines) is 1. The van der Waals surface area contributed by atoms with E-state index in [0.29, 0.717) is 60.3 Å². The smallest absolute Gasteiger partial charge is 0.337 e. The lowest BCUT2D eigenvalue weighted by Crippen LogP contribution is -2.52. The number of aromatic nitrogens is 2. The summed E-state index contributed by atoms with van der Waals surface area (Å²) in [7, 11) is 1.64. The normalized spacial score (nSPS) is 17.7. The molecule has 2 aromatic heterocycles. The van der Waals surface area contributed by atoms with Crippen molar-refractivity contribution in [2.24, 2.45) is 0 Å². The van der Waals surface area contributed by atoms with Gasteiger partial charge in [0, 0.05) is 60.9 Å². The number of methoxy groups -OCH3 is 1. The number of ether oxygens (including phenoxy) is 2. The number of benzene rings is 2. The van der Waals surface area contributed by atoms with E-state index in [1.165, 1.54) is 12.3 Å². The molecule has 1 spiro atoms. The number of carbonyl (C=O) groups excluding carboxylic acids is 2. The number of aryl methyl sites for hydroxylation is 1. The monoisotopic (exact) mass is 565 g/mol. The predicted molar refractivity (Wildman–Crippen MR) is 156 cm³/mol. The van der Waals surface area contributed by atoms with Gasteiger partial charge in [0.1, 0.15) is 17.1 Å². The SMILES string of the molecule is COc1cc(C(=O)N2CCC3(CC2)CC(=O)c2cc(-c4ccc(C(=O)O)cn4)ccc2O3)cc2c1c(C)cn2C1CC1. The van der Waals surface area contributed by atoms with E-state index in [1.807, 2.05) is 23.1 Å². The fraction of sp³-hybridized carbons (Fsp3) is 0.333. The Morgan fingerprint density at radius 1 is 1.07 bits per heavy atom. The maximum Gasteiger partial charge on any atom is 0.337 e. The Morgan fingerprint density at radius 2 is 1.86 bits per heavy atom. The van der Waals surface area contributed by atoms with Crippen molar-refractivity contribution in [3.8, 4) is 22.8 Å². The van der Waals surface area contributed by atoms with Crippen molar-refractivity contribution in [3.05, 3.63) is 77.1 Å². The van der Waals surface area contributed by atoms with Crippen LogP contribution in [0.1, 0.15) is 74.8 Å². The van der Waals surface area contributed by atoms with Crippen molar-refractivity contribution >= 4 is 28.6 Å². The number of pyridine rings is 1. The van der Waals surface area contributed by atoms with Gasteiger partial charge in [0.2, 0.25) is 0 Å². The molecule has 0 atom stereocenters. The van der Waals surface area contributed by atoms with Crippen molar-refractivity contribution in [3.63, 3.8) is 0 Å². The van der Waals surface area contributed by atoms with Crippen LogP contribution in [-0.4, -0.2) is 63.0 Å². The van der Waals surface area contributed by atoms with E-state index in [0.717, 1.165) is 34.9 Å². The van der Waals surface area contributed by atoms with Crippen LogP contribution in [0.15, 0.2) is 54.9 Å². The average Bonchev–Trinajstić information content (AvgIpc) is 3.79. The van der Waals surface area contributed by atoms with E-state index >= 15 is 0 Å². The van der Waals surface area contributed by atoms with E-state index in [4.69, 9.17) is 14.6 Å². The van der Waals surface area contributed by atoms with Gasteiger partial charge in [-0.3, -0.25) is 14.6 Å². The van der Waals surface area contributed by atoms with Crippen molar-refractivity contribution < 1.29 is 29.0 Å². The number of nitrogens with zero attached hydrogens (tertiary/aromatic N) is 3. The van der Waals surface area contributed by atoms with E-state index in [2.05, 4.69) is 22.7 Å². The number of ketones is 1. The van der Waals surface area contributed by atoms with Gasteiger partial charge in [-0.2, -0.15) is 0 Å². The van der Waals surface area contributed by atoms with Gasteiger partial charge in [-0.15, -0.1) is 0 Å². The third-order valence-corrected chi connectivity index (χ3v) is 8.85. The summed E-state index contributed by atoms with van der Waals surface area (Å²) < 4.78 is 14.5. The maximum atomic E-state index is 13.7. The summed E-state index contributed by atoms with van der Waals surface area (Å²) in [6.07, 6.45) is 7.12. The molecule has 0 unspecified atom stereocenters. The van der Waals surface area contributed by atoms with Crippen LogP contribution in [0.5, 0.6) is 11.5 Å². The molecule has 3 aliphatic rings. The third kappa shape index (κ3) is 4.40. The highest BCUT2D eigenvalue weighted by Crippen LogP contribution is 2.43. The molecule has 7 rings (SSSR count). The Kier molecular flexibility index (Phi) is 6.07. The van der Waals surface area contributed by atoms with Gasteiger partial charge in [-0.05, 0) is 67.8 Å². The summed E-state index contributed by atoms with van der Waals surface area (Å²) in [5.41, 5.74) is 4.04. The summed E-state index contributed by atoms with van der Waals surface area (Å²) in [4.78, 5) is 44.3. The summed E-state index contributed by atoms with van der Waals surface area (Å²) >= 11 is 0. The summed E-state index contributed by atoms with van der Waals surface area (Å²) in [6.45, 7) is 3.06. The van der Waals surface area contributed by atoms with Crippen LogP contribution in [0, 0.1) is 6.92 Å². The summed E-state index contributed by atoms with van der Waals surface area (Å²) in [5, 5.41) is 10.2. The third-order valence-electron chi connectivity index (χ3n) is 8.85. The fourth-order valence-corrected chi connectivity index (χ4v) is 6.41. The minimum Gasteiger partial charge on any atom is -0.496 e. The minimum atomic E-state index is -1.04. The molecule has 0 radical (unpaired) electrons. The molecule has 214 valence electrons. The molecule has 2 fully saturated rings. The van der Waals surface area contributed by atoms with Crippen LogP contribution < -0.4 is 9.47 Å². The van der Waals surface area contributed by atoms with Crippen LogP contribution in [-0.2, 0) is 0 Å². The number of Topliss-reactive ketones (excluding diaryl/α,β-unsaturated/α-hetero) is 1. The first-order valence-electron chi connectivity index (χ1n) is 14.3. The van der Waals surface area contributed by atoms with E-state index in [1.54, 1.807) is 25.3 Å². The van der Waals surface area contributed by atoms with Crippen molar-refractivity contribution in [2.45, 2.75) is 50.7 Å². The number of piperidine rings is 1. The van der Waals surface area contributed by atoms with E-state index < -0.39 is 11.6 Å². The molecule has 1 aliphatic carbocycles. The number of hydrogen-bond donors (Lipinski definition) is 1. The molecule has 1 N–H and O–H groups in total. The number of carboxylic acids is 1. The highest BCUT2D eigenvalue weighted by atomic mass is 16.5. The lowest BCUT2D eigenvalue weighted by Gasteiger charge is -2.44. The van der Waals surface area contributed by atoms with E-state index in [9.17, 15) is 14.4 Å². The molecule has 4 aromatic rings. The molecular formula is C33H31N3O6. The van der Waals surface area contributed by atoms with Gasteiger partial charge in [0.15, 0.2) is 5.78 Å². The van der Waals surface area contributed by atoms with Crippen LogP contribution in [0.25, 0.3) is 22.2 Å². The highest BCUT2D eigenvalue weighted by molar-refractivity contribution is 6.02. The predicted octanol–water partition coefficient (Wildman–Crippen LogP) is 5.69. The number of rotatable bonds is 5. The number of aromatic carboxylic acids is 1. The first kappa shape index (κ1) is 26.3. The van der Waals surface area contributed by atoms with Crippen LogP contribution in [0.2, 0.25) is 0 Å². The first-order valence-corrected chi connectivity index (χ1v) is 14.3. The quantitative estimate of drug-likeness (QED) is 0.331. The van der Waals surface area contributed by atoms with E-state index in [-0.39, 0.29) is 23.7 Å². The Bertz CT molecular complexity index is 1760. The number of carbonyl (C=O) groups is 3. The lowest BCUT2D eigenvalue weighted by molar-refractivity contribution is -0.00571. The van der Waals surface area contributed by atoms with Gasteiger partial charge in [0.05, 0.1) is 35.9 Å². The fourth-order valence-electron chi connectivity index (χ4n) is 6.41. The zero-order valence-electron chi connectivity index (χ0n) is 23.6. The number of hydrogen-bond acceptors (Lipinski definition) is 6. The average molecular weight is 566 g/mol. The molecule has 4 heterocycles. The molecule has 42 heavy (non-hydrogen) atoms. The van der Waals surface area contributed by atoms with Crippen LogP contribution in [0.4, 0.5) is 0 Å². The van der Waals surface area contributed by atoms with Crippen LogP contribution >= 0.6 is 0 Å². The Hall–Kier alpha value is -4.66. The van der Waals surface area contributed by atoms with Crippen molar-refractivity contribution in [2.75, 3.05) is 20.2 Å². The van der Waals surface area contributed by atoms with Crippen molar-refractivity contribution in [1.82, 2.24) is 14.5 Å². The Balaban J connectivity index is 1.08. The largest absolute Gasteiger partial charge is 0.496 e. The lowest BCUT2D eigenvalue weighted by atomic mass is 9.82. The molecular weight excluding hydrogens is 534 g/mol. The van der Waals surface area contributed by atoms with Gasteiger partial charge >= 0.3 is 5.97 Å². The van der Waals surface area contributed by atoms with Gasteiger partial charge in [0.25, 0.3) is 5.91 Å². The molecule has 2 aliphatic heterocycles. The van der Waals surface area contributed by atoms with Crippen LogP contribution in [0.3, 0.4) is 0 Å². The molecule has 1 saturated carbocycles. The molecule has 1 amide bonds. The second-order valence-electron chi connectivity index (χ2n) is 11.6. The molecule has 9 nitrogen and oxygen atoms in total. The number of amides is 1. The molecule has 0 bridgehead atoms. The minimum absolute atomic E-state index is 0.00794.